The van der Waals surface area contributed by atoms with Crippen LogP contribution in [0, 0.1) is 13.8 Å². The van der Waals surface area contributed by atoms with Crippen LogP contribution in [0.15, 0.2) is 71.9 Å². The van der Waals surface area contributed by atoms with Crippen LogP contribution in [0.1, 0.15) is 22.6 Å². The van der Waals surface area contributed by atoms with Gasteiger partial charge in [0.2, 0.25) is 5.91 Å². The summed E-state index contributed by atoms with van der Waals surface area (Å²) in [5.74, 6) is 0.0407. The Morgan fingerprint density at radius 3 is 2.82 bits per heavy atom. The maximum Gasteiger partial charge on any atom is 0.241 e. The average Bonchev–Trinajstić information content (AvgIpc) is 3.38. The number of rotatable bonds is 6. The second-order valence-corrected chi connectivity index (χ2v) is 11.0. The van der Waals surface area contributed by atoms with Gasteiger partial charge in [0.25, 0.3) is 0 Å². The molecule has 1 aliphatic rings. The number of anilines is 1. The fraction of sp³-hybridized carbons (Fsp3) is 0.269. The summed E-state index contributed by atoms with van der Waals surface area (Å²) >= 11 is 3.43. The van der Waals surface area contributed by atoms with Crippen molar-refractivity contribution in [2.24, 2.45) is 0 Å². The van der Waals surface area contributed by atoms with Crippen molar-refractivity contribution in [2.45, 2.75) is 43.1 Å². The summed E-state index contributed by atoms with van der Waals surface area (Å²) in [7, 11) is 0. The minimum atomic E-state index is -0.196. The smallest absolute Gasteiger partial charge is 0.241 e. The lowest BCUT2D eigenvalue weighted by molar-refractivity contribution is -0.120. The molecular weight excluding hydrogens is 448 g/mol. The van der Waals surface area contributed by atoms with E-state index in [1.54, 1.807) is 23.1 Å². The number of carbonyl (C=O) groups is 1. The summed E-state index contributed by atoms with van der Waals surface area (Å²) in [5, 5.41) is 5.50. The normalized spacial score (nSPS) is 18.6. The van der Waals surface area contributed by atoms with Crippen LogP contribution in [0.3, 0.4) is 0 Å². The van der Waals surface area contributed by atoms with Crippen molar-refractivity contribution >= 4 is 44.9 Å². The van der Waals surface area contributed by atoms with Crippen molar-refractivity contribution in [3.05, 3.63) is 83.0 Å². The van der Waals surface area contributed by atoms with E-state index in [-0.39, 0.29) is 11.9 Å². The van der Waals surface area contributed by atoms with Gasteiger partial charge in [-0.15, -0.1) is 23.1 Å². The summed E-state index contributed by atoms with van der Waals surface area (Å²) in [4.78, 5) is 24.8. The number of hydrogen-bond acceptors (Lipinski definition) is 6. The van der Waals surface area contributed by atoms with E-state index in [1.165, 1.54) is 11.1 Å². The van der Waals surface area contributed by atoms with Crippen LogP contribution in [0.4, 0.5) is 5.69 Å². The Kier molecular flexibility index (Phi) is 6.44. The zero-order valence-electron chi connectivity index (χ0n) is 18.7. The maximum atomic E-state index is 13.4. The molecule has 0 unspecified atom stereocenters. The standard InChI is InChI=1S/C26H26N4OS2/c1-17-7-3-4-8-19(17)15-30-16-21(33-25-9-5-6-12-27-25)14-23(30)26(31)29-20-10-11-24-22(13-20)28-18(2)32-24/h3-13,21,23H,14-16H2,1-2H3,(H,29,31)/t21-,23+/m1/s1. The van der Waals surface area contributed by atoms with Crippen molar-refractivity contribution in [1.29, 1.82) is 0 Å². The number of amides is 1. The molecule has 5 nitrogen and oxygen atoms in total. The van der Waals surface area contributed by atoms with Crippen molar-refractivity contribution in [3.63, 3.8) is 0 Å². The number of nitrogens with one attached hydrogen (secondary N) is 1. The molecule has 1 amide bonds. The monoisotopic (exact) mass is 474 g/mol. The SMILES string of the molecule is Cc1nc2cc(NC(=O)[C@@H]3C[C@@H](Sc4ccccn4)CN3Cc3ccccc3C)ccc2s1. The molecular formula is C26H26N4OS2. The van der Waals surface area contributed by atoms with Gasteiger partial charge in [0.05, 0.1) is 26.3 Å². The first-order chi connectivity index (χ1) is 16.0. The van der Waals surface area contributed by atoms with Gasteiger partial charge < -0.3 is 5.32 Å². The molecule has 0 radical (unpaired) electrons. The van der Waals surface area contributed by atoms with Gasteiger partial charge in [0, 0.05) is 30.2 Å². The van der Waals surface area contributed by atoms with Crippen molar-refractivity contribution in [1.82, 2.24) is 14.9 Å². The van der Waals surface area contributed by atoms with Crippen LogP contribution < -0.4 is 5.32 Å². The van der Waals surface area contributed by atoms with Crippen LogP contribution in [0.2, 0.25) is 0 Å². The first-order valence-corrected chi connectivity index (χ1v) is 12.8. The molecule has 1 fully saturated rings. The van der Waals surface area contributed by atoms with Crippen LogP contribution in [0.25, 0.3) is 10.2 Å². The zero-order chi connectivity index (χ0) is 22.8. The molecule has 1 saturated heterocycles. The Morgan fingerprint density at radius 1 is 1.15 bits per heavy atom. The number of carbonyl (C=O) groups excluding carboxylic acids is 1. The number of thioether (sulfide) groups is 1. The van der Waals surface area contributed by atoms with Gasteiger partial charge in [-0.1, -0.05) is 30.3 Å². The van der Waals surface area contributed by atoms with Gasteiger partial charge in [-0.05, 0) is 61.7 Å². The van der Waals surface area contributed by atoms with Crippen molar-refractivity contribution < 1.29 is 4.79 Å². The molecule has 7 heteroatoms. The lowest BCUT2D eigenvalue weighted by Crippen LogP contribution is -2.39. The molecule has 0 saturated carbocycles. The highest BCUT2D eigenvalue weighted by Gasteiger charge is 2.37. The molecule has 5 rings (SSSR count). The van der Waals surface area contributed by atoms with Crippen LogP contribution in [-0.2, 0) is 11.3 Å². The van der Waals surface area contributed by atoms with Gasteiger partial charge in [-0.25, -0.2) is 9.97 Å². The van der Waals surface area contributed by atoms with E-state index in [0.717, 1.165) is 45.4 Å². The maximum absolute atomic E-state index is 13.4. The molecule has 1 N–H and O–H groups in total. The third-order valence-electron chi connectivity index (χ3n) is 5.99. The summed E-state index contributed by atoms with van der Waals surface area (Å²) in [6, 6.07) is 20.2. The van der Waals surface area contributed by atoms with Crippen LogP contribution >= 0.6 is 23.1 Å². The molecule has 1 aliphatic heterocycles. The molecule has 168 valence electrons. The number of benzene rings is 2. The number of fused-ring (bicyclic) bond motifs is 1. The number of aryl methyl sites for hydroxylation is 2. The largest absolute Gasteiger partial charge is 0.325 e. The summed E-state index contributed by atoms with van der Waals surface area (Å²) in [5.41, 5.74) is 4.25. The van der Waals surface area contributed by atoms with E-state index in [4.69, 9.17) is 0 Å². The Morgan fingerprint density at radius 2 is 2.00 bits per heavy atom. The number of likely N-dealkylation sites (tertiary alicyclic amines) is 1. The van der Waals surface area contributed by atoms with Crippen LogP contribution in [-0.4, -0.2) is 38.6 Å². The molecule has 0 bridgehead atoms. The fourth-order valence-corrected chi connectivity index (χ4v) is 6.31. The topological polar surface area (TPSA) is 58.1 Å². The second-order valence-electron chi connectivity index (χ2n) is 8.42. The molecule has 3 heterocycles. The van der Waals surface area contributed by atoms with Gasteiger partial charge >= 0.3 is 0 Å². The Labute approximate surface area is 202 Å². The highest BCUT2D eigenvalue weighted by Crippen LogP contribution is 2.34. The Hall–Kier alpha value is -2.74. The molecule has 2 atom stereocenters. The van der Waals surface area contributed by atoms with Gasteiger partial charge in [-0.3, -0.25) is 9.69 Å². The number of hydrogen-bond donors (Lipinski definition) is 1. The third-order valence-corrected chi connectivity index (χ3v) is 8.10. The first kappa shape index (κ1) is 22.1. The minimum Gasteiger partial charge on any atom is -0.325 e. The molecule has 4 aromatic rings. The second kappa shape index (κ2) is 9.63. The number of thiazole rings is 1. The highest BCUT2D eigenvalue weighted by atomic mass is 32.2. The van der Waals surface area contributed by atoms with Gasteiger partial charge in [0.15, 0.2) is 0 Å². The number of nitrogens with zero attached hydrogens (tertiary/aromatic N) is 3. The average molecular weight is 475 g/mol. The molecule has 2 aromatic carbocycles. The van der Waals surface area contributed by atoms with Crippen molar-refractivity contribution in [3.8, 4) is 0 Å². The van der Waals surface area contributed by atoms with E-state index in [9.17, 15) is 4.79 Å². The predicted octanol–water partition coefficient (Wildman–Crippen LogP) is 5.68. The molecule has 0 spiro atoms. The van der Waals surface area contributed by atoms with E-state index in [2.05, 4.69) is 51.4 Å². The van der Waals surface area contributed by atoms with Gasteiger partial charge in [0.1, 0.15) is 0 Å². The Bertz CT molecular complexity index is 1270. The predicted molar refractivity (Wildman–Crippen MR) is 137 cm³/mol. The summed E-state index contributed by atoms with van der Waals surface area (Å²) < 4.78 is 1.14. The zero-order valence-corrected chi connectivity index (χ0v) is 20.3. The Balaban J connectivity index is 1.35. The van der Waals surface area contributed by atoms with Crippen LogP contribution in [0.5, 0.6) is 0 Å². The van der Waals surface area contributed by atoms with E-state index >= 15 is 0 Å². The summed E-state index contributed by atoms with van der Waals surface area (Å²) in [6.45, 7) is 5.74. The highest BCUT2D eigenvalue weighted by molar-refractivity contribution is 7.99. The number of aromatic nitrogens is 2. The van der Waals surface area contributed by atoms with E-state index < -0.39 is 0 Å². The molecule has 2 aromatic heterocycles. The third kappa shape index (κ3) is 5.11. The first-order valence-electron chi connectivity index (χ1n) is 11.1. The lowest BCUT2D eigenvalue weighted by Gasteiger charge is -2.24. The fourth-order valence-electron chi connectivity index (χ4n) is 4.33. The quantitative estimate of drug-likeness (QED) is 0.389. The summed E-state index contributed by atoms with van der Waals surface area (Å²) in [6.07, 6.45) is 2.61. The minimum absolute atomic E-state index is 0.0407. The van der Waals surface area contributed by atoms with Gasteiger partial charge in [-0.2, -0.15) is 0 Å². The van der Waals surface area contributed by atoms with E-state index in [0.29, 0.717) is 5.25 Å². The van der Waals surface area contributed by atoms with Crippen molar-refractivity contribution in [2.75, 3.05) is 11.9 Å². The number of pyridine rings is 1. The lowest BCUT2D eigenvalue weighted by atomic mass is 10.1. The molecule has 0 aliphatic carbocycles. The van der Waals surface area contributed by atoms with E-state index in [1.807, 2.05) is 49.5 Å². The molecule has 33 heavy (non-hydrogen) atoms.